The van der Waals surface area contributed by atoms with Gasteiger partial charge in [0.05, 0.1) is 12.5 Å². The normalized spacial score (nSPS) is 11.5. The number of ether oxygens (including phenoxy) is 1. The fraction of sp³-hybridized carbons (Fsp3) is 0.125. The molecule has 0 spiro atoms. The molecule has 0 atom stereocenters. The van der Waals surface area contributed by atoms with Crippen LogP contribution in [0.2, 0.25) is 0 Å². The molecule has 110 valence electrons. The molecule has 0 aromatic heterocycles. The maximum absolute atomic E-state index is 12.0. The van der Waals surface area contributed by atoms with Gasteiger partial charge in [0, 0.05) is 5.69 Å². The maximum Gasteiger partial charge on any atom is 0.255 e. The molecule has 0 bridgehead atoms. The van der Waals surface area contributed by atoms with Gasteiger partial charge in [0.2, 0.25) is 0 Å². The molecule has 2 rings (SSSR count). The third-order valence-electron chi connectivity index (χ3n) is 2.87. The Bertz CT molecular complexity index is 717. The first-order chi connectivity index (χ1) is 9.98. The number of aryl methyl sites for hydroxylation is 1. The van der Waals surface area contributed by atoms with Gasteiger partial charge in [0.1, 0.15) is 5.75 Å². The lowest BCUT2D eigenvalue weighted by molar-refractivity contribution is 0.415. The van der Waals surface area contributed by atoms with E-state index in [0.717, 1.165) is 16.5 Å². The van der Waals surface area contributed by atoms with Crippen molar-refractivity contribution in [1.29, 1.82) is 0 Å². The van der Waals surface area contributed by atoms with E-state index in [1.165, 1.54) is 0 Å². The summed E-state index contributed by atoms with van der Waals surface area (Å²) in [5.41, 5.74) is 2.46. The molecule has 0 amide bonds. The number of methoxy groups -OCH3 is 1. The molecule has 2 aromatic rings. The number of hydrogen-bond acceptors (Lipinski definition) is 3. The van der Waals surface area contributed by atoms with Crippen LogP contribution in [0.5, 0.6) is 5.75 Å². The van der Waals surface area contributed by atoms with Gasteiger partial charge in [-0.25, -0.2) is 8.42 Å². The van der Waals surface area contributed by atoms with Crippen LogP contribution in [-0.2, 0) is 10.0 Å². The second-order valence-corrected chi connectivity index (χ2v) is 6.16. The van der Waals surface area contributed by atoms with Gasteiger partial charge in [0.15, 0.2) is 0 Å². The van der Waals surface area contributed by atoms with Gasteiger partial charge in [-0.1, -0.05) is 29.8 Å². The number of anilines is 1. The van der Waals surface area contributed by atoms with Gasteiger partial charge in [-0.15, -0.1) is 0 Å². The first-order valence-electron chi connectivity index (χ1n) is 6.40. The number of hydrogen-bond donors (Lipinski definition) is 1. The topological polar surface area (TPSA) is 55.4 Å². The summed E-state index contributed by atoms with van der Waals surface area (Å²) in [7, 11) is -1.97. The van der Waals surface area contributed by atoms with Crippen molar-refractivity contribution in [3.63, 3.8) is 0 Å². The zero-order chi connectivity index (χ0) is 15.3. The summed E-state index contributed by atoms with van der Waals surface area (Å²) in [5.74, 6) is 0.674. The summed E-state index contributed by atoms with van der Waals surface area (Å²) < 4.78 is 31.4. The Hall–Kier alpha value is -2.27. The molecule has 0 radical (unpaired) electrons. The van der Waals surface area contributed by atoms with E-state index in [1.54, 1.807) is 37.5 Å². The average molecular weight is 303 g/mol. The molecule has 0 fully saturated rings. The van der Waals surface area contributed by atoms with Crippen molar-refractivity contribution in [3.8, 4) is 5.75 Å². The molecular formula is C16H17NO3S. The highest BCUT2D eigenvalue weighted by Gasteiger charge is 2.05. The van der Waals surface area contributed by atoms with Gasteiger partial charge in [-0.3, -0.25) is 4.72 Å². The Kier molecular flexibility index (Phi) is 4.65. The van der Waals surface area contributed by atoms with Crippen LogP contribution in [0.1, 0.15) is 11.1 Å². The number of benzene rings is 2. The largest absolute Gasteiger partial charge is 0.497 e. The van der Waals surface area contributed by atoms with Crippen molar-refractivity contribution in [2.24, 2.45) is 0 Å². The van der Waals surface area contributed by atoms with E-state index in [0.29, 0.717) is 11.4 Å². The van der Waals surface area contributed by atoms with Crippen molar-refractivity contribution >= 4 is 21.8 Å². The minimum atomic E-state index is -3.53. The van der Waals surface area contributed by atoms with Gasteiger partial charge < -0.3 is 4.74 Å². The van der Waals surface area contributed by atoms with Gasteiger partial charge in [0.25, 0.3) is 10.0 Å². The van der Waals surface area contributed by atoms with Crippen LogP contribution < -0.4 is 9.46 Å². The minimum Gasteiger partial charge on any atom is -0.497 e. The Labute approximate surface area is 125 Å². The van der Waals surface area contributed by atoms with Gasteiger partial charge in [-0.05, 0) is 42.8 Å². The Balaban J connectivity index is 2.08. The molecule has 1 N–H and O–H groups in total. The highest BCUT2D eigenvalue weighted by Crippen LogP contribution is 2.16. The summed E-state index contributed by atoms with van der Waals surface area (Å²) in [5, 5.41) is 1.15. The van der Waals surface area contributed by atoms with Crippen molar-refractivity contribution in [2.45, 2.75) is 6.92 Å². The summed E-state index contributed by atoms with van der Waals surface area (Å²) in [6.07, 6.45) is 1.56. The third-order valence-corrected chi connectivity index (χ3v) is 3.88. The van der Waals surface area contributed by atoms with Crippen LogP contribution in [0, 0.1) is 6.92 Å². The lowest BCUT2D eigenvalue weighted by Gasteiger charge is -2.05. The summed E-state index contributed by atoms with van der Waals surface area (Å²) in [6, 6.07) is 14.3. The third kappa shape index (κ3) is 4.65. The summed E-state index contributed by atoms with van der Waals surface area (Å²) >= 11 is 0. The summed E-state index contributed by atoms with van der Waals surface area (Å²) in [6.45, 7) is 1.98. The van der Waals surface area contributed by atoms with Crippen molar-refractivity contribution in [1.82, 2.24) is 0 Å². The Morgan fingerprint density at radius 1 is 1.00 bits per heavy atom. The zero-order valence-corrected chi connectivity index (χ0v) is 12.7. The van der Waals surface area contributed by atoms with Gasteiger partial charge >= 0.3 is 0 Å². The lowest BCUT2D eigenvalue weighted by Crippen LogP contribution is -2.08. The molecule has 0 unspecified atom stereocenters. The molecule has 4 nitrogen and oxygen atoms in total. The van der Waals surface area contributed by atoms with Crippen LogP contribution in [-0.4, -0.2) is 15.5 Å². The fourth-order valence-corrected chi connectivity index (χ4v) is 2.57. The van der Waals surface area contributed by atoms with E-state index in [2.05, 4.69) is 4.72 Å². The molecule has 0 aliphatic heterocycles. The molecule has 2 aromatic carbocycles. The van der Waals surface area contributed by atoms with Gasteiger partial charge in [-0.2, -0.15) is 0 Å². The number of sulfonamides is 1. The predicted octanol–water partition coefficient (Wildman–Crippen LogP) is 3.42. The lowest BCUT2D eigenvalue weighted by atomic mass is 10.2. The number of nitrogens with one attached hydrogen (secondary N) is 1. The quantitative estimate of drug-likeness (QED) is 0.921. The molecule has 0 saturated carbocycles. The molecule has 21 heavy (non-hydrogen) atoms. The Morgan fingerprint density at radius 2 is 1.62 bits per heavy atom. The SMILES string of the molecule is COc1ccc(NS(=O)(=O)/C=C/c2ccc(C)cc2)cc1. The van der Waals surface area contributed by atoms with E-state index >= 15 is 0 Å². The van der Waals surface area contributed by atoms with Crippen LogP contribution >= 0.6 is 0 Å². The second-order valence-electron chi connectivity index (χ2n) is 4.59. The molecule has 5 heteroatoms. The highest BCUT2D eigenvalue weighted by molar-refractivity contribution is 7.95. The second kappa shape index (κ2) is 6.45. The molecule has 0 saturated heterocycles. The first-order valence-corrected chi connectivity index (χ1v) is 7.95. The minimum absolute atomic E-state index is 0.490. The average Bonchev–Trinajstić information content (AvgIpc) is 2.47. The van der Waals surface area contributed by atoms with Crippen LogP contribution in [0.15, 0.2) is 53.9 Å². The predicted molar refractivity (Wildman–Crippen MR) is 85.7 cm³/mol. The molecule has 0 aliphatic rings. The van der Waals surface area contributed by atoms with Crippen molar-refractivity contribution in [3.05, 3.63) is 65.1 Å². The van der Waals surface area contributed by atoms with Crippen LogP contribution in [0.3, 0.4) is 0 Å². The van der Waals surface area contributed by atoms with E-state index < -0.39 is 10.0 Å². The summed E-state index contributed by atoms with van der Waals surface area (Å²) in [4.78, 5) is 0. The Morgan fingerprint density at radius 3 is 2.19 bits per heavy atom. The smallest absolute Gasteiger partial charge is 0.255 e. The molecule has 0 aliphatic carbocycles. The first kappa shape index (κ1) is 15.1. The molecular weight excluding hydrogens is 286 g/mol. The zero-order valence-electron chi connectivity index (χ0n) is 11.9. The molecule has 0 heterocycles. The monoisotopic (exact) mass is 303 g/mol. The van der Waals surface area contributed by atoms with Crippen molar-refractivity contribution in [2.75, 3.05) is 11.8 Å². The van der Waals surface area contributed by atoms with E-state index in [-0.39, 0.29) is 0 Å². The maximum atomic E-state index is 12.0. The van der Waals surface area contributed by atoms with Crippen molar-refractivity contribution < 1.29 is 13.2 Å². The van der Waals surface area contributed by atoms with Crippen LogP contribution in [0.4, 0.5) is 5.69 Å². The highest BCUT2D eigenvalue weighted by atomic mass is 32.2. The van der Waals surface area contributed by atoms with E-state index in [4.69, 9.17) is 4.74 Å². The fourth-order valence-electron chi connectivity index (χ4n) is 1.70. The number of rotatable bonds is 5. The van der Waals surface area contributed by atoms with E-state index in [1.807, 2.05) is 31.2 Å². The standard InChI is InChI=1S/C16H17NO3S/c1-13-3-5-14(6-4-13)11-12-21(18,19)17-15-7-9-16(20-2)10-8-15/h3-12,17H,1-2H3/b12-11+. The van der Waals surface area contributed by atoms with Crippen LogP contribution in [0.25, 0.3) is 6.08 Å². The van der Waals surface area contributed by atoms with E-state index in [9.17, 15) is 8.42 Å².